The van der Waals surface area contributed by atoms with Gasteiger partial charge in [0.15, 0.2) is 5.78 Å². The van der Waals surface area contributed by atoms with Gasteiger partial charge in [-0.3, -0.25) is 4.79 Å². The van der Waals surface area contributed by atoms with Crippen molar-refractivity contribution in [2.24, 2.45) is 0 Å². The van der Waals surface area contributed by atoms with Gasteiger partial charge in [-0.05, 0) is 0 Å². The van der Waals surface area contributed by atoms with Gasteiger partial charge in [-0.25, -0.2) is 0 Å². The van der Waals surface area contributed by atoms with Crippen LogP contribution in [0.15, 0.2) is 10.6 Å². The van der Waals surface area contributed by atoms with Crippen molar-refractivity contribution in [3.63, 3.8) is 0 Å². The van der Waals surface area contributed by atoms with Crippen LogP contribution in [-0.2, 0) is 4.79 Å². The van der Waals surface area contributed by atoms with Gasteiger partial charge >= 0.3 is 0 Å². The Morgan fingerprint density at radius 2 is 2.14 bits per heavy atom. The van der Waals surface area contributed by atoms with Crippen LogP contribution in [0.2, 0.25) is 0 Å². The molecule has 3 heteroatoms. The molecule has 0 saturated heterocycles. The fraction of sp³-hybridized carbons (Fsp3) is 0.250. The normalized spacial score (nSPS) is 11.6. The van der Waals surface area contributed by atoms with E-state index in [9.17, 15) is 4.79 Å². The zero-order valence-corrected chi connectivity index (χ0v) is 5.25. The third kappa shape index (κ3) is 2.66. The smallest absolute Gasteiger partial charge is 0.172 e. The first-order chi connectivity index (χ1) is 3.18. The monoisotopic (exact) mass is 138 g/mol. The molecular formula is C4H4Cl2O. The average Bonchev–Trinajstić information content (AvgIpc) is 1.65. The zero-order chi connectivity index (χ0) is 5.86. The second-order valence-corrected chi connectivity index (χ2v) is 1.64. The van der Waals surface area contributed by atoms with E-state index in [4.69, 9.17) is 23.2 Å². The molecule has 0 spiro atoms. The summed E-state index contributed by atoms with van der Waals surface area (Å²) in [7, 11) is 0. The second kappa shape index (κ2) is 3.05. The molecule has 7 heavy (non-hydrogen) atoms. The van der Waals surface area contributed by atoms with E-state index in [0.717, 1.165) is 5.54 Å². The summed E-state index contributed by atoms with van der Waals surface area (Å²) in [6, 6.07) is 0. The SMILES string of the molecule is CC(=O)/C(Cl)=C/Cl. The van der Waals surface area contributed by atoms with E-state index < -0.39 is 0 Å². The van der Waals surface area contributed by atoms with Gasteiger partial charge in [0.2, 0.25) is 0 Å². The van der Waals surface area contributed by atoms with Gasteiger partial charge < -0.3 is 0 Å². The topological polar surface area (TPSA) is 17.1 Å². The second-order valence-electron chi connectivity index (χ2n) is 1.01. The van der Waals surface area contributed by atoms with E-state index >= 15 is 0 Å². The summed E-state index contributed by atoms with van der Waals surface area (Å²) < 4.78 is 0. The maximum absolute atomic E-state index is 10.1. The van der Waals surface area contributed by atoms with Gasteiger partial charge in [-0.2, -0.15) is 0 Å². The molecule has 0 bridgehead atoms. The van der Waals surface area contributed by atoms with Crippen LogP contribution in [0.5, 0.6) is 0 Å². The number of ketones is 1. The first-order valence-corrected chi connectivity index (χ1v) is 2.46. The highest BCUT2D eigenvalue weighted by Gasteiger charge is 1.93. The Morgan fingerprint density at radius 1 is 1.71 bits per heavy atom. The maximum atomic E-state index is 10.1. The predicted molar refractivity (Wildman–Crippen MR) is 30.5 cm³/mol. The van der Waals surface area contributed by atoms with E-state index in [0.29, 0.717) is 0 Å². The van der Waals surface area contributed by atoms with Crippen molar-refractivity contribution in [2.45, 2.75) is 6.92 Å². The molecule has 0 aliphatic rings. The van der Waals surface area contributed by atoms with Gasteiger partial charge in [0, 0.05) is 12.5 Å². The van der Waals surface area contributed by atoms with Crippen LogP contribution >= 0.6 is 23.2 Å². The van der Waals surface area contributed by atoms with Crippen LogP contribution in [0.1, 0.15) is 6.92 Å². The number of Topliss-reactive ketones (excluding diaryl/α,β-unsaturated/α-hetero) is 1. The molecule has 0 unspecified atom stereocenters. The molecule has 0 aromatic carbocycles. The highest BCUT2D eigenvalue weighted by Crippen LogP contribution is 2.02. The largest absolute Gasteiger partial charge is 0.293 e. The first-order valence-electron chi connectivity index (χ1n) is 1.65. The van der Waals surface area contributed by atoms with Crippen LogP contribution in [0.4, 0.5) is 0 Å². The van der Waals surface area contributed by atoms with Gasteiger partial charge in [-0.15, -0.1) is 0 Å². The number of carbonyl (C=O) groups excluding carboxylic acids is 1. The Balaban J connectivity index is 3.82. The lowest BCUT2D eigenvalue weighted by molar-refractivity contribution is -0.113. The Labute approximate surface area is 51.9 Å². The molecule has 0 radical (unpaired) electrons. The summed E-state index contributed by atoms with van der Waals surface area (Å²) in [6.07, 6.45) is 0. The minimum absolute atomic E-state index is 0.0710. The van der Waals surface area contributed by atoms with E-state index in [1.54, 1.807) is 0 Å². The van der Waals surface area contributed by atoms with Crippen LogP contribution in [0.3, 0.4) is 0 Å². The van der Waals surface area contributed by atoms with E-state index in [1.807, 2.05) is 0 Å². The zero-order valence-electron chi connectivity index (χ0n) is 3.74. The van der Waals surface area contributed by atoms with Crippen LogP contribution in [0, 0.1) is 0 Å². The summed E-state index contributed by atoms with van der Waals surface area (Å²) in [6.45, 7) is 1.35. The van der Waals surface area contributed by atoms with Gasteiger partial charge in [0.1, 0.15) is 0 Å². The third-order valence-corrected chi connectivity index (χ3v) is 1.14. The van der Waals surface area contributed by atoms with Gasteiger partial charge in [0.05, 0.1) is 5.03 Å². The molecule has 0 atom stereocenters. The molecule has 0 aliphatic heterocycles. The van der Waals surface area contributed by atoms with Crippen LogP contribution in [-0.4, -0.2) is 5.78 Å². The maximum Gasteiger partial charge on any atom is 0.172 e. The summed E-state index contributed by atoms with van der Waals surface area (Å²) in [5.41, 5.74) is 1.05. The molecule has 0 fully saturated rings. The van der Waals surface area contributed by atoms with Gasteiger partial charge in [-0.1, -0.05) is 23.2 Å². The van der Waals surface area contributed by atoms with E-state index in [-0.39, 0.29) is 10.8 Å². The van der Waals surface area contributed by atoms with Gasteiger partial charge in [0.25, 0.3) is 0 Å². The lowest BCUT2D eigenvalue weighted by atomic mass is 10.4. The Bertz CT molecular complexity index is 106. The highest BCUT2D eigenvalue weighted by atomic mass is 35.5. The Hall–Kier alpha value is -0.0100. The quantitative estimate of drug-likeness (QED) is 0.507. The van der Waals surface area contributed by atoms with Crippen molar-refractivity contribution < 1.29 is 4.79 Å². The molecular weight excluding hydrogens is 135 g/mol. The number of allylic oxidation sites excluding steroid dienone is 1. The van der Waals surface area contributed by atoms with Crippen molar-refractivity contribution in [1.82, 2.24) is 0 Å². The average molecular weight is 139 g/mol. The summed E-state index contributed by atoms with van der Waals surface area (Å²) >= 11 is 10.2. The van der Waals surface area contributed by atoms with Crippen molar-refractivity contribution in [3.05, 3.63) is 10.6 Å². The molecule has 0 heterocycles. The molecule has 1 nitrogen and oxygen atoms in total. The Kier molecular flexibility index (Phi) is 3.05. The molecule has 0 aromatic rings. The number of hydrogen-bond acceptors (Lipinski definition) is 1. The highest BCUT2D eigenvalue weighted by molar-refractivity contribution is 6.46. The van der Waals surface area contributed by atoms with Crippen molar-refractivity contribution >= 4 is 29.0 Å². The number of carbonyl (C=O) groups is 1. The molecule has 0 aliphatic carbocycles. The molecule has 0 N–H and O–H groups in total. The lowest BCUT2D eigenvalue weighted by Gasteiger charge is -1.80. The standard InChI is InChI=1S/C4H4Cl2O/c1-3(7)4(6)2-5/h2H,1H3/b4-2-. The number of halogens is 2. The van der Waals surface area contributed by atoms with Crippen LogP contribution in [0.25, 0.3) is 0 Å². The predicted octanol–water partition coefficient (Wildman–Crippen LogP) is 1.89. The number of rotatable bonds is 1. The lowest BCUT2D eigenvalue weighted by Crippen LogP contribution is -1.85. The molecule has 0 aromatic heterocycles. The minimum Gasteiger partial charge on any atom is -0.293 e. The molecule has 40 valence electrons. The molecule has 0 rings (SSSR count). The fourth-order valence-corrected chi connectivity index (χ4v) is 0.230. The fourth-order valence-electron chi connectivity index (χ4n) is 0.0768. The minimum atomic E-state index is -0.211. The van der Waals surface area contributed by atoms with E-state index in [1.165, 1.54) is 6.92 Å². The number of hydrogen-bond donors (Lipinski definition) is 0. The van der Waals surface area contributed by atoms with Crippen molar-refractivity contribution in [2.75, 3.05) is 0 Å². The summed E-state index contributed by atoms with van der Waals surface area (Å²) in [5, 5.41) is 0.0710. The third-order valence-electron chi connectivity index (χ3n) is 0.432. The van der Waals surface area contributed by atoms with Crippen LogP contribution < -0.4 is 0 Å². The van der Waals surface area contributed by atoms with Crippen molar-refractivity contribution in [1.29, 1.82) is 0 Å². The Morgan fingerprint density at radius 3 is 2.14 bits per heavy atom. The van der Waals surface area contributed by atoms with Crippen molar-refractivity contribution in [3.8, 4) is 0 Å². The molecule has 0 saturated carbocycles. The molecule has 0 amide bonds. The summed E-state index contributed by atoms with van der Waals surface area (Å²) in [4.78, 5) is 10.1. The summed E-state index contributed by atoms with van der Waals surface area (Å²) in [5.74, 6) is -0.211. The van der Waals surface area contributed by atoms with E-state index in [2.05, 4.69) is 0 Å². The first kappa shape index (κ1) is 6.99.